The van der Waals surface area contributed by atoms with Crippen molar-refractivity contribution in [1.29, 1.82) is 0 Å². The summed E-state index contributed by atoms with van der Waals surface area (Å²) in [5.41, 5.74) is 1.13. The summed E-state index contributed by atoms with van der Waals surface area (Å²) < 4.78 is 5.62. The molecule has 1 unspecified atom stereocenters. The molecule has 0 amide bonds. The molecule has 8 heteroatoms. The third-order valence-electron chi connectivity index (χ3n) is 5.78. The summed E-state index contributed by atoms with van der Waals surface area (Å²) in [7, 11) is 0. The van der Waals surface area contributed by atoms with Crippen LogP contribution in [0.1, 0.15) is 51.5 Å². The number of aliphatic imine (C=N–C) groups is 1. The van der Waals surface area contributed by atoms with Gasteiger partial charge in [-0.2, -0.15) is 0 Å². The highest BCUT2D eigenvalue weighted by Gasteiger charge is 2.17. The molecule has 0 radical (unpaired) electrons. The quantitative estimate of drug-likeness (QED) is 0.227. The maximum absolute atomic E-state index is 5.62. The summed E-state index contributed by atoms with van der Waals surface area (Å²) in [6.45, 7) is 12.9. The van der Waals surface area contributed by atoms with Gasteiger partial charge in [0, 0.05) is 32.4 Å². The zero-order valence-corrected chi connectivity index (χ0v) is 21.6. The van der Waals surface area contributed by atoms with Gasteiger partial charge in [0.2, 0.25) is 0 Å². The highest BCUT2D eigenvalue weighted by molar-refractivity contribution is 14.0. The van der Waals surface area contributed by atoms with Crippen molar-refractivity contribution in [2.75, 3.05) is 57.3 Å². The summed E-state index contributed by atoms with van der Waals surface area (Å²) in [5.74, 6) is 1.91. The van der Waals surface area contributed by atoms with Crippen LogP contribution in [0.25, 0.3) is 0 Å². The number of rotatable bonds is 8. The second-order valence-corrected chi connectivity index (χ2v) is 8.38. The monoisotopic (exact) mass is 544 g/mol. The minimum absolute atomic E-state index is 0. The van der Waals surface area contributed by atoms with Crippen LogP contribution in [0.15, 0.2) is 23.3 Å². The van der Waals surface area contributed by atoms with Crippen LogP contribution in [0.3, 0.4) is 0 Å². The first-order chi connectivity index (χ1) is 14.7. The lowest BCUT2D eigenvalue weighted by molar-refractivity contribution is 0.0529. The molecule has 0 aliphatic carbocycles. The van der Waals surface area contributed by atoms with Crippen molar-refractivity contribution in [2.24, 2.45) is 4.99 Å². The molecular weight excluding hydrogens is 503 g/mol. The first-order valence-electron chi connectivity index (χ1n) is 11.8. The van der Waals surface area contributed by atoms with E-state index in [1.54, 1.807) is 0 Å². The molecule has 2 aliphatic rings. The third-order valence-corrected chi connectivity index (χ3v) is 5.78. The highest BCUT2D eigenvalue weighted by atomic mass is 127. The van der Waals surface area contributed by atoms with Crippen molar-refractivity contribution < 1.29 is 4.74 Å². The smallest absolute Gasteiger partial charge is 0.191 e. The second kappa shape index (κ2) is 14.8. The number of pyridine rings is 1. The third kappa shape index (κ3) is 9.49. The number of anilines is 1. The Bertz CT molecular complexity index is 633. The summed E-state index contributed by atoms with van der Waals surface area (Å²) in [5, 5.41) is 6.84. The lowest BCUT2D eigenvalue weighted by Gasteiger charge is -2.32. The molecule has 0 saturated carbocycles. The zero-order valence-electron chi connectivity index (χ0n) is 19.3. The van der Waals surface area contributed by atoms with Gasteiger partial charge in [0.15, 0.2) is 5.96 Å². The summed E-state index contributed by atoms with van der Waals surface area (Å²) >= 11 is 0. The summed E-state index contributed by atoms with van der Waals surface area (Å²) in [6.07, 6.45) is 8.86. The Kier molecular flexibility index (Phi) is 12.5. The van der Waals surface area contributed by atoms with Crippen molar-refractivity contribution in [2.45, 2.75) is 58.6 Å². The maximum atomic E-state index is 5.62. The first-order valence-corrected chi connectivity index (χ1v) is 11.8. The van der Waals surface area contributed by atoms with Gasteiger partial charge in [-0.25, -0.2) is 9.98 Å². The van der Waals surface area contributed by atoms with Gasteiger partial charge in [0.1, 0.15) is 5.82 Å². The number of nitrogens with zero attached hydrogens (tertiary/aromatic N) is 4. The summed E-state index contributed by atoms with van der Waals surface area (Å²) in [6, 6.07) is 4.24. The number of likely N-dealkylation sites (tertiary alicyclic amines) is 1. The molecule has 1 atom stereocenters. The molecule has 0 bridgehead atoms. The second-order valence-electron chi connectivity index (χ2n) is 8.38. The Morgan fingerprint density at radius 1 is 1.16 bits per heavy atom. The topological polar surface area (TPSA) is 65.0 Å². The molecule has 3 heterocycles. The largest absolute Gasteiger partial charge is 0.375 e. The Labute approximate surface area is 205 Å². The van der Waals surface area contributed by atoms with Crippen LogP contribution in [0.2, 0.25) is 0 Å². The van der Waals surface area contributed by atoms with E-state index in [2.05, 4.69) is 51.4 Å². The average molecular weight is 545 g/mol. The van der Waals surface area contributed by atoms with Crippen LogP contribution in [0.5, 0.6) is 0 Å². The van der Waals surface area contributed by atoms with Crippen LogP contribution in [0.4, 0.5) is 5.82 Å². The Balaban J connectivity index is 0.00000341. The number of guanidine groups is 1. The van der Waals surface area contributed by atoms with Gasteiger partial charge in [-0.15, -0.1) is 24.0 Å². The van der Waals surface area contributed by atoms with Gasteiger partial charge >= 0.3 is 0 Å². The van der Waals surface area contributed by atoms with Gasteiger partial charge in [0.05, 0.1) is 19.3 Å². The average Bonchev–Trinajstić information content (AvgIpc) is 3.04. The molecular formula is C23H41IN6O. The van der Waals surface area contributed by atoms with Crippen LogP contribution >= 0.6 is 24.0 Å². The zero-order chi connectivity index (χ0) is 21.0. The van der Waals surface area contributed by atoms with E-state index >= 15 is 0 Å². The lowest BCUT2D eigenvalue weighted by atomic mass is 10.2. The van der Waals surface area contributed by atoms with E-state index in [-0.39, 0.29) is 30.1 Å². The van der Waals surface area contributed by atoms with Crippen LogP contribution in [0, 0.1) is 0 Å². The number of aromatic nitrogens is 1. The Hall–Kier alpha value is -1.13. The molecule has 176 valence electrons. The van der Waals surface area contributed by atoms with Crippen molar-refractivity contribution in [3.8, 4) is 0 Å². The van der Waals surface area contributed by atoms with Crippen molar-refractivity contribution >= 4 is 35.8 Å². The van der Waals surface area contributed by atoms with Crippen molar-refractivity contribution in [3.63, 3.8) is 0 Å². The molecule has 2 aliphatic heterocycles. The van der Waals surface area contributed by atoms with Crippen LogP contribution in [-0.4, -0.2) is 74.4 Å². The fraction of sp³-hybridized carbons (Fsp3) is 0.739. The van der Waals surface area contributed by atoms with E-state index < -0.39 is 0 Å². The summed E-state index contributed by atoms with van der Waals surface area (Å²) in [4.78, 5) is 14.3. The predicted molar refractivity (Wildman–Crippen MR) is 140 cm³/mol. The minimum Gasteiger partial charge on any atom is -0.375 e. The van der Waals surface area contributed by atoms with Gasteiger partial charge in [-0.3, -0.25) is 0 Å². The molecule has 7 nitrogen and oxygen atoms in total. The van der Waals surface area contributed by atoms with Crippen LogP contribution in [-0.2, 0) is 11.3 Å². The molecule has 1 aromatic heterocycles. The first kappa shape index (κ1) is 26.1. The number of morpholine rings is 1. The fourth-order valence-electron chi connectivity index (χ4n) is 4.11. The van der Waals surface area contributed by atoms with Crippen molar-refractivity contribution in [3.05, 3.63) is 23.9 Å². The minimum atomic E-state index is 0. The standard InChI is InChI=1S/C23H40N6O.HI/c1-3-24-23(25-11-8-14-28-12-6-4-5-7-13-28)27-18-21-9-10-22(26-17-21)29-15-16-30-20(2)19-29;/h9-10,17,20H,3-8,11-16,18-19H2,1-2H3,(H2,24,25,27);1H. The Morgan fingerprint density at radius 3 is 2.65 bits per heavy atom. The molecule has 1 aromatic rings. The van der Waals surface area contributed by atoms with Gasteiger partial charge < -0.3 is 25.2 Å². The maximum Gasteiger partial charge on any atom is 0.191 e. The highest BCUT2D eigenvalue weighted by Crippen LogP contribution is 2.15. The van der Waals surface area contributed by atoms with E-state index in [9.17, 15) is 0 Å². The molecule has 0 aromatic carbocycles. The fourth-order valence-corrected chi connectivity index (χ4v) is 4.11. The molecule has 31 heavy (non-hydrogen) atoms. The molecule has 2 fully saturated rings. The van der Waals surface area contributed by atoms with Crippen LogP contribution < -0.4 is 15.5 Å². The number of ether oxygens (including phenoxy) is 1. The number of halogens is 1. The van der Waals surface area contributed by atoms with E-state index in [0.717, 1.165) is 56.5 Å². The van der Waals surface area contributed by atoms with E-state index in [1.807, 2.05) is 6.20 Å². The lowest BCUT2D eigenvalue weighted by Crippen LogP contribution is -2.41. The van der Waals surface area contributed by atoms with E-state index in [0.29, 0.717) is 6.54 Å². The van der Waals surface area contributed by atoms with Crippen molar-refractivity contribution in [1.82, 2.24) is 20.5 Å². The van der Waals surface area contributed by atoms with Gasteiger partial charge in [0.25, 0.3) is 0 Å². The van der Waals surface area contributed by atoms with Gasteiger partial charge in [-0.05, 0) is 64.4 Å². The Morgan fingerprint density at radius 2 is 1.97 bits per heavy atom. The predicted octanol–water partition coefficient (Wildman–Crippen LogP) is 3.25. The SMILES string of the molecule is CCNC(=NCc1ccc(N2CCOC(C)C2)nc1)NCCCN1CCCCCC1.I. The normalized spacial score (nSPS) is 20.6. The molecule has 0 spiro atoms. The van der Waals surface area contributed by atoms with Gasteiger partial charge in [-0.1, -0.05) is 18.9 Å². The number of hydrogen-bond acceptors (Lipinski definition) is 5. The number of nitrogens with one attached hydrogen (secondary N) is 2. The molecule has 2 N–H and O–H groups in total. The van der Waals surface area contributed by atoms with E-state index in [1.165, 1.54) is 45.3 Å². The number of hydrogen-bond donors (Lipinski definition) is 2. The molecule has 3 rings (SSSR count). The molecule has 2 saturated heterocycles. The van der Waals surface area contributed by atoms with E-state index in [4.69, 9.17) is 9.73 Å².